The lowest BCUT2D eigenvalue weighted by molar-refractivity contribution is 0.219. The normalized spacial score (nSPS) is 8.18. The van der Waals surface area contributed by atoms with Crippen molar-refractivity contribution in [1.82, 2.24) is 0 Å². The van der Waals surface area contributed by atoms with Crippen LogP contribution in [0.25, 0.3) is 0 Å². The smallest absolute Gasteiger partial charge is 0.511 e. The number of rotatable bonds is 4. The Kier molecular flexibility index (Phi) is 6.52. The van der Waals surface area contributed by atoms with Gasteiger partial charge in [0.15, 0.2) is 0 Å². The summed E-state index contributed by atoms with van der Waals surface area (Å²) >= 11 is 0. The number of carbonyl (C=O) groups is 2. The Morgan fingerprint density at radius 2 is 1.82 bits per heavy atom. The van der Waals surface area contributed by atoms with E-state index in [2.05, 4.69) is 13.6 Å². The van der Waals surface area contributed by atoms with Crippen molar-refractivity contribution in [1.29, 1.82) is 0 Å². The largest absolute Gasteiger partial charge is 0.520 e. The second-order valence-corrected chi connectivity index (χ2v) is 2.04. The third kappa shape index (κ3) is 6.29. The standard InChI is InChI=1S/C2H6B2O5P2/c5-1(7-4-9-11)3-2(6)8-10/h3-4H,10-11H2. The minimum atomic E-state index is -0.681. The van der Waals surface area contributed by atoms with Gasteiger partial charge in [0.2, 0.25) is 5.87 Å². The number of hydrogen-bond acceptors (Lipinski definition) is 5. The fourth-order valence-electron chi connectivity index (χ4n) is 0.310. The molecule has 0 spiro atoms. The zero-order valence-corrected chi connectivity index (χ0v) is 7.92. The van der Waals surface area contributed by atoms with Crippen molar-refractivity contribution in [2.45, 2.75) is 0 Å². The third-order valence-electron chi connectivity index (χ3n) is 0.708. The minimum absolute atomic E-state index is 0.187. The highest BCUT2D eigenvalue weighted by molar-refractivity contribution is 7.13. The van der Waals surface area contributed by atoms with Crippen LogP contribution in [0.2, 0.25) is 0 Å². The average Bonchev–Trinajstić information content (AvgIpc) is 2.00. The van der Waals surface area contributed by atoms with Gasteiger partial charge in [-0.3, -0.25) is 9.59 Å². The summed E-state index contributed by atoms with van der Waals surface area (Å²) < 4.78 is 12.8. The summed E-state index contributed by atoms with van der Waals surface area (Å²) in [6, 6.07) is 0. The molecule has 0 aromatic heterocycles. The van der Waals surface area contributed by atoms with Crippen molar-refractivity contribution >= 4 is 45.6 Å². The van der Waals surface area contributed by atoms with Gasteiger partial charge < -0.3 is 13.6 Å². The van der Waals surface area contributed by atoms with Gasteiger partial charge in [0.25, 0.3) is 5.87 Å². The van der Waals surface area contributed by atoms with E-state index in [1.165, 1.54) is 0 Å². The number of hydrogen-bond donors (Lipinski definition) is 0. The molecule has 60 valence electrons. The highest BCUT2D eigenvalue weighted by Crippen LogP contribution is 1.90. The average molecular weight is 194 g/mol. The molecule has 0 radical (unpaired) electrons. The second kappa shape index (κ2) is 6.59. The molecule has 0 aliphatic heterocycles. The summed E-state index contributed by atoms with van der Waals surface area (Å²) in [6.45, 7) is 0. The first-order valence-corrected chi connectivity index (χ1v) is 3.52. The highest BCUT2D eigenvalue weighted by atomic mass is 31.0. The van der Waals surface area contributed by atoms with E-state index in [1.54, 1.807) is 9.47 Å². The van der Waals surface area contributed by atoms with Crippen LogP contribution in [0, 0.1) is 0 Å². The third-order valence-corrected chi connectivity index (χ3v) is 1.11. The first-order chi connectivity index (χ1) is 5.20. The van der Waals surface area contributed by atoms with Gasteiger partial charge in [-0.05, 0) is 9.47 Å². The fourth-order valence-corrected chi connectivity index (χ4v) is 0.462. The van der Waals surface area contributed by atoms with Crippen LogP contribution in [0.5, 0.6) is 0 Å². The monoisotopic (exact) mass is 194 g/mol. The first kappa shape index (κ1) is 10.9. The van der Waals surface area contributed by atoms with Crippen LogP contribution in [0.15, 0.2) is 0 Å². The number of carbonyl (C=O) groups excluding carboxylic acids is 2. The van der Waals surface area contributed by atoms with Gasteiger partial charge in [0, 0.05) is 0 Å². The molecule has 0 bridgehead atoms. The van der Waals surface area contributed by atoms with E-state index in [0.717, 1.165) is 0 Å². The summed E-state index contributed by atoms with van der Waals surface area (Å²) in [5, 5.41) is 0. The van der Waals surface area contributed by atoms with Crippen LogP contribution in [-0.2, 0) is 13.6 Å². The molecule has 0 N–H and O–H groups in total. The van der Waals surface area contributed by atoms with E-state index in [-0.39, 0.29) is 7.69 Å². The molecule has 0 saturated carbocycles. The maximum Gasteiger partial charge on any atom is 0.511 e. The Balaban J connectivity index is 3.44. The Hall–Kier alpha value is -0.110. The van der Waals surface area contributed by atoms with Gasteiger partial charge in [-0.2, -0.15) is 0 Å². The second-order valence-electron chi connectivity index (χ2n) is 1.47. The predicted octanol–water partition coefficient (Wildman–Crippen LogP) is -0.441. The van der Waals surface area contributed by atoms with Crippen LogP contribution in [-0.4, -0.2) is 26.7 Å². The minimum Gasteiger partial charge on any atom is -0.520 e. The lowest BCUT2D eigenvalue weighted by atomic mass is 9.79. The van der Waals surface area contributed by atoms with Crippen molar-refractivity contribution < 1.29 is 23.2 Å². The van der Waals surface area contributed by atoms with Gasteiger partial charge in [-0.25, -0.2) is 0 Å². The molecule has 0 rings (SSSR count). The van der Waals surface area contributed by atoms with Crippen LogP contribution >= 0.6 is 18.9 Å². The first-order valence-electron chi connectivity index (χ1n) is 2.57. The Bertz CT molecular complexity index is 151. The molecule has 11 heavy (non-hydrogen) atoms. The van der Waals surface area contributed by atoms with Crippen molar-refractivity contribution in [2.75, 3.05) is 0 Å². The molecule has 0 aromatic carbocycles. The van der Waals surface area contributed by atoms with E-state index in [0.29, 0.717) is 0 Å². The molecule has 2 unspecified atom stereocenters. The van der Waals surface area contributed by atoms with Crippen LogP contribution < -0.4 is 0 Å². The summed E-state index contributed by atoms with van der Waals surface area (Å²) in [5.41, 5.74) is 0. The predicted molar refractivity (Wildman–Crippen MR) is 47.8 cm³/mol. The van der Waals surface area contributed by atoms with E-state index in [4.69, 9.17) is 0 Å². The highest BCUT2D eigenvalue weighted by Gasteiger charge is 2.14. The Morgan fingerprint density at radius 3 is 2.27 bits per heavy atom. The van der Waals surface area contributed by atoms with E-state index in [1.807, 2.05) is 9.47 Å². The van der Waals surface area contributed by atoms with Crippen molar-refractivity contribution in [3.63, 3.8) is 0 Å². The van der Waals surface area contributed by atoms with Gasteiger partial charge in [-0.1, -0.05) is 0 Å². The van der Waals surface area contributed by atoms with Crippen molar-refractivity contribution in [3.8, 4) is 0 Å². The lowest BCUT2D eigenvalue weighted by Gasteiger charge is -1.98. The van der Waals surface area contributed by atoms with Crippen LogP contribution in [0.3, 0.4) is 0 Å². The van der Waals surface area contributed by atoms with Gasteiger partial charge in [0.1, 0.15) is 0 Å². The zero-order valence-electron chi connectivity index (χ0n) is 5.61. The molecule has 0 aliphatic rings. The molecule has 2 atom stereocenters. The summed E-state index contributed by atoms with van der Waals surface area (Å²) in [5.74, 6) is -1.34. The van der Waals surface area contributed by atoms with Crippen LogP contribution in [0.1, 0.15) is 0 Å². The van der Waals surface area contributed by atoms with Gasteiger partial charge >= 0.3 is 15.0 Å². The van der Waals surface area contributed by atoms with Crippen LogP contribution in [0.4, 0.5) is 9.59 Å². The maximum absolute atomic E-state index is 10.5. The zero-order chi connectivity index (χ0) is 8.69. The molecule has 9 heteroatoms. The summed E-state index contributed by atoms with van der Waals surface area (Å²) in [7, 11) is 3.05. The van der Waals surface area contributed by atoms with E-state index in [9.17, 15) is 9.59 Å². The molecular weight excluding hydrogens is 188 g/mol. The summed E-state index contributed by atoms with van der Waals surface area (Å²) in [6.07, 6.45) is 0. The fraction of sp³-hybridized carbons (Fsp3) is 0. The van der Waals surface area contributed by atoms with E-state index >= 15 is 0 Å². The molecule has 0 saturated heterocycles. The van der Waals surface area contributed by atoms with E-state index < -0.39 is 19.0 Å². The van der Waals surface area contributed by atoms with Gasteiger partial charge in [0.05, 0.1) is 9.47 Å². The SMILES string of the molecule is O=C(BC(=O)OBOP)OP. The lowest BCUT2D eigenvalue weighted by Crippen LogP contribution is -2.21. The summed E-state index contributed by atoms with van der Waals surface area (Å²) in [4.78, 5) is 20.9. The van der Waals surface area contributed by atoms with Gasteiger partial charge in [-0.15, -0.1) is 0 Å². The molecule has 5 nitrogen and oxygen atoms in total. The molecule has 0 aromatic rings. The quantitative estimate of drug-likeness (QED) is 0.448. The molecule has 0 fully saturated rings. The molecule has 0 aliphatic carbocycles. The Labute approximate surface area is 69.6 Å². The van der Waals surface area contributed by atoms with Crippen molar-refractivity contribution in [2.24, 2.45) is 0 Å². The molecule has 0 amide bonds. The maximum atomic E-state index is 10.5. The van der Waals surface area contributed by atoms with Crippen molar-refractivity contribution in [3.05, 3.63) is 0 Å². The Morgan fingerprint density at radius 1 is 1.18 bits per heavy atom. The molecular formula is C2H6B2O5P2. The topological polar surface area (TPSA) is 61.8 Å². The molecule has 0 heterocycles.